The fraction of sp³-hybridized carbons (Fsp3) is 0.667. The summed E-state index contributed by atoms with van der Waals surface area (Å²) in [5.41, 5.74) is 2.58. The predicted octanol–water partition coefficient (Wildman–Crippen LogP) is 5.23. The highest BCUT2D eigenvalue weighted by atomic mass is 28.4. The van der Waals surface area contributed by atoms with Gasteiger partial charge in [-0.3, -0.25) is 0 Å². The van der Waals surface area contributed by atoms with Gasteiger partial charge in [0, 0.05) is 6.54 Å². The molecule has 0 radical (unpaired) electrons. The Morgan fingerprint density at radius 1 is 1.09 bits per heavy atom. The lowest BCUT2D eigenvalue weighted by Gasteiger charge is -2.36. The smallest absolute Gasteiger partial charge is 0.429 e. The summed E-state index contributed by atoms with van der Waals surface area (Å²) in [5.74, 6) is 0. The highest BCUT2D eigenvalue weighted by molar-refractivity contribution is 6.74. The molecule has 1 aromatic carbocycles. The predicted molar refractivity (Wildman–Crippen MR) is 131 cm³/mol. The van der Waals surface area contributed by atoms with Crippen LogP contribution in [0.3, 0.4) is 0 Å². The van der Waals surface area contributed by atoms with Crippen LogP contribution in [-0.4, -0.2) is 55.5 Å². The molecule has 0 bridgehead atoms. The molecular formula is C24H42N2O6Si. The molecule has 8 nitrogen and oxygen atoms in total. The van der Waals surface area contributed by atoms with E-state index in [1.807, 2.05) is 30.3 Å². The second kappa shape index (κ2) is 12.4. The average molecular weight is 483 g/mol. The third kappa shape index (κ3) is 11.5. The van der Waals surface area contributed by atoms with Gasteiger partial charge in [0.25, 0.3) is 0 Å². The molecule has 0 saturated carbocycles. The Balaban J connectivity index is 2.63. The van der Waals surface area contributed by atoms with Crippen molar-refractivity contribution < 1.29 is 28.6 Å². The molecule has 188 valence electrons. The number of carbonyl (C=O) groups excluding carboxylic acids is 2. The molecule has 2 N–H and O–H groups in total. The number of amides is 2. The van der Waals surface area contributed by atoms with E-state index in [-0.39, 0.29) is 24.8 Å². The number of aliphatic hydroxyl groups is 1. The lowest BCUT2D eigenvalue weighted by Crippen LogP contribution is -2.48. The molecule has 0 aliphatic carbocycles. The zero-order valence-corrected chi connectivity index (χ0v) is 22.4. The minimum absolute atomic E-state index is 0.0589. The molecule has 0 aliphatic rings. The Labute approximate surface area is 199 Å². The standard InChI is InChI=1S/C24H42N2O6Si/c1-23(2,3)32-21(28)25-26(22(29)30-17-19-13-10-9-11-14-19)16-12-15-20(27)18-31-33(7,8)24(4,5)6/h9-11,13-14,20,27H,12,15-18H2,1-8H3,(H,25,28)/t20-/m1/s1. The van der Waals surface area contributed by atoms with Crippen molar-refractivity contribution in [2.75, 3.05) is 13.2 Å². The van der Waals surface area contributed by atoms with Crippen molar-refractivity contribution >= 4 is 20.5 Å². The molecule has 0 aliphatic heterocycles. The summed E-state index contributed by atoms with van der Waals surface area (Å²) in [6.07, 6.45) is -1.26. The fourth-order valence-electron chi connectivity index (χ4n) is 2.49. The molecule has 0 spiro atoms. The number of nitrogens with zero attached hydrogens (tertiary/aromatic N) is 1. The van der Waals surface area contributed by atoms with Crippen LogP contribution in [-0.2, 0) is 20.5 Å². The second-order valence-electron chi connectivity index (χ2n) is 10.7. The Morgan fingerprint density at radius 3 is 2.24 bits per heavy atom. The number of ether oxygens (including phenoxy) is 2. The van der Waals surface area contributed by atoms with Crippen molar-refractivity contribution in [2.24, 2.45) is 0 Å². The van der Waals surface area contributed by atoms with Crippen LogP contribution in [0.2, 0.25) is 18.1 Å². The van der Waals surface area contributed by atoms with Crippen molar-refractivity contribution in [2.45, 2.75) is 90.8 Å². The molecule has 0 aromatic heterocycles. The third-order valence-electron chi connectivity index (χ3n) is 5.41. The molecule has 9 heteroatoms. The first-order valence-electron chi connectivity index (χ1n) is 11.4. The van der Waals surface area contributed by atoms with E-state index in [1.165, 1.54) is 0 Å². The largest absolute Gasteiger partial charge is 0.443 e. The average Bonchev–Trinajstić information content (AvgIpc) is 2.68. The normalized spacial score (nSPS) is 13.2. The number of rotatable bonds is 9. The Morgan fingerprint density at radius 2 is 1.70 bits per heavy atom. The topological polar surface area (TPSA) is 97.3 Å². The molecule has 0 saturated heterocycles. The van der Waals surface area contributed by atoms with Gasteiger partial charge in [-0.2, -0.15) is 0 Å². The number of benzene rings is 1. The number of hydrazine groups is 1. The molecule has 1 atom stereocenters. The first-order chi connectivity index (χ1) is 15.1. The molecule has 0 heterocycles. The minimum atomic E-state index is -1.95. The van der Waals surface area contributed by atoms with Crippen molar-refractivity contribution in [1.82, 2.24) is 10.4 Å². The van der Waals surface area contributed by atoms with E-state index in [1.54, 1.807) is 20.8 Å². The van der Waals surface area contributed by atoms with Gasteiger partial charge in [-0.15, -0.1) is 0 Å². The number of nitrogens with one attached hydrogen (secondary N) is 1. The van der Waals surface area contributed by atoms with E-state index in [0.29, 0.717) is 12.8 Å². The SMILES string of the molecule is CC(C)(C)OC(=O)NN(CCC[C@@H](O)CO[Si](C)(C)C(C)(C)C)C(=O)OCc1ccccc1. The molecule has 2 amide bonds. The Bertz CT molecular complexity index is 744. The van der Waals surface area contributed by atoms with Gasteiger partial charge in [0.2, 0.25) is 0 Å². The first-order valence-corrected chi connectivity index (χ1v) is 14.3. The number of hydrogen-bond acceptors (Lipinski definition) is 6. The highest BCUT2D eigenvalue weighted by Gasteiger charge is 2.37. The van der Waals surface area contributed by atoms with Gasteiger partial charge >= 0.3 is 12.2 Å². The quantitative estimate of drug-likeness (QED) is 0.370. The van der Waals surface area contributed by atoms with E-state index in [4.69, 9.17) is 13.9 Å². The zero-order chi connectivity index (χ0) is 25.3. The van der Waals surface area contributed by atoms with E-state index in [9.17, 15) is 14.7 Å². The van der Waals surface area contributed by atoms with E-state index in [2.05, 4.69) is 39.3 Å². The summed E-state index contributed by atoms with van der Waals surface area (Å²) in [6, 6.07) is 9.28. The van der Waals surface area contributed by atoms with Crippen molar-refractivity contribution in [3.8, 4) is 0 Å². The highest BCUT2D eigenvalue weighted by Crippen LogP contribution is 2.36. The van der Waals surface area contributed by atoms with Crippen LogP contribution in [0.5, 0.6) is 0 Å². The van der Waals surface area contributed by atoms with Gasteiger partial charge in [0.05, 0.1) is 12.7 Å². The first kappa shape index (κ1) is 28.9. The minimum Gasteiger partial charge on any atom is -0.443 e. The summed E-state index contributed by atoms with van der Waals surface area (Å²) >= 11 is 0. The lowest BCUT2D eigenvalue weighted by molar-refractivity contribution is 0.0251. The summed E-state index contributed by atoms with van der Waals surface area (Å²) in [7, 11) is -1.95. The summed E-state index contributed by atoms with van der Waals surface area (Å²) in [6.45, 7) is 16.4. The van der Waals surface area contributed by atoms with Gasteiger partial charge in [0.15, 0.2) is 8.32 Å². The van der Waals surface area contributed by atoms with Gasteiger partial charge in [0.1, 0.15) is 12.2 Å². The third-order valence-corrected chi connectivity index (χ3v) is 9.91. The van der Waals surface area contributed by atoms with Crippen LogP contribution in [0.1, 0.15) is 59.9 Å². The Hall–Kier alpha value is -2.10. The Kier molecular flexibility index (Phi) is 10.9. The number of carbonyl (C=O) groups is 2. The van der Waals surface area contributed by atoms with Gasteiger partial charge < -0.3 is 19.0 Å². The van der Waals surface area contributed by atoms with Crippen LogP contribution in [0.25, 0.3) is 0 Å². The summed E-state index contributed by atoms with van der Waals surface area (Å²) < 4.78 is 16.7. The van der Waals surface area contributed by atoms with E-state index >= 15 is 0 Å². The lowest BCUT2D eigenvalue weighted by atomic mass is 10.2. The van der Waals surface area contributed by atoms with Crippen LogP contribution < -0.4 is 5.43 Å². The fourth-order valence-corrected chi connectivity index (χ4v) is 3.53. The summed E-state index contributed by atoms with van der Waals surface area (Å²) in [5, 5.41) is 11.5. The van der Waals surface area contributed by atoms with E-state index in [0.717, 1.165) is 10.6 Å². The number of hydrogen-bond donors (Lipinski definition) is 2. The van der Waals surface area contributed by atoms with Gasteiger partial charge in [-0.1, -0.05) is 51.1 Å². The maximum absolute atomic E-state index is 12.6. The van der Waals surface area contributed by atoms with Crippen LogP contribution in [0.4, 0.5) is 9.59 Å². The van der Waals surface area contributed by atoms with Crippen molar-refractivity contribution in [3.05, 3.63) is 35.9 Å². The van der Waals surface area contributed by atoms with Crippen LogP contribution in [0.15, 0.2) is 30.3 Å². The van der Waals surface area contributed by atoms with Gasteiger partial charge in [-0.25, -0.2) is 20.0 Å². The maximum Gasteiger partial charge on any atom is 0.429 e. The molecule has 33 heavy (non-hydrogen) atoms. The zero-order valence-electron chi connectivity index (χ0n) is 21.4. The van der Waals surface area contributed by atoms with E-state index < -0.39 is 32.2 Å². The van der Waals surface area contributed by atoms with Gasteiger partial charge in [-0.05, 0) is 57.3 Å². The van der Waals surface area contributed by atoms with Crippen LogP contribution in [0, 0.1) is 0 Å². The van der Waals surface area contributed by atoms with Crippen LogP contribution >= 0.6 is 0 Å². The van der Waals surface area contributed by atoms with Crippen molar-refractivity contribution in [1.29, 1.82) is 0 Å². The molecule has 1 aromatic rings. The molecular weight excluding hydrogens is 440 g/mol. The summed E-state index contributed by atoms with van der Waals surface area (Å²) in [4.78, 5) is 24.8. The molecule has 0 fully saturated rings. The second-order valence-corrected chi connectivity index (χ2v) is 15.5. The van der Waals surface area contributed by atoms with Crippen molar-refractivity contribution in [3.63, 3.8) is 0 Å². The monoisotopic (exact) mass is 482 g/mol. The molecule has 0 unspecified atom stereocenters. The maximum atomic E-state index is 12.6. The molecule has 1 rings (SSSR count). The number of aliphatic hydroxyl groups excluding tert-OH is 1.